The third kappa shape index (κ3) is 4.79. The van der Waals surface area contributed by atoms with Crippen molar-refractivity contribution in [2.24, 2.45) is 0 Å². The highest BCUT2D eigenvalue weighted by Crippen LogP contribution is 2.25. The summed E-state index contributed by atoms with van der Waals surface area (Å²) in [6, 6.07) is 5.24. The van der Waals surface area contributed by atoms with Crippen LogP contribution in [0.2, 0.25) is 10.0 Å². The van der Waals surface area contributed by atoms with Crippen LogP contribution in [0.3, 0.4) is 0 Å². The van der Waals surface area contributed by atoms with E-state index >= 15 is 0 Å². The highest BCUT2D eigenvalue weighted by Gasteiger charge is 2.20. The van der Waals surface area contributed by atoms with Gasteiger partial charge in [0.2, 0.25) is 5.91 Å². The van der Waals surface area contributed by atoms with Crippen molar-refractivity contribution in [2.45, 2.75) is 12.5 Å². The third-order valence-corrected chi connectivity index (χ3v) is 3.82. The van der Waals surface area contributed by atoms with Crippen molar-refractivity contribution in [3.63, 3.8) is 0 Å². The van der Waals surface area contributed by atoms with E-state index in [4.69, 9.17) is 27.9 Å². The van der Waals surface area contributed by atoms with E-state index in [0.717, 1.165) is 5.56 Å². The van der Waals surface area contributed by atoms with Gasteiger partial charge in [-0.3, -0.25) is 4.79 Å². The molecule has 2 rings (SSSR count). The summed E-state index contributed by atoms with van der Waals surface area (Å²) < 4.78 is 5.24. The fourth-order valence-corrected chi connectivity index (χ4v) is 2.33. The van der Waals surface area contributed by atoms with Gasteiger partial charge in [0, 0.05) is 13.1 Å². The maximum atomic E-state index is 11.8. The molecule has 0 aromatic heterocycles. The zero-order chi connectivity index (χ0) is 13.7. The summed E-state index contributed by atoms with van der Waals surface area (Å²) in [5.74, 6) is -0.0437. The van der Waals surface area contributed by atoms with E-state index in [2.05, 4.69) is 10.6 Å². The molecule has 0 saturated carbocycles. The van der Waals surface area contributed by atoms with Crippen LogP contribution in [0.1, 0.15) is 5.56 Å². The maximum absolute atomic E-state index is 11.8. The van der Waals surface area contributed by atoms with Crippen molar-refractivity contribution >= 4 is 41.5 Å². The molecule has 1 aromatic rings. The Morgan fingerprint density at radius 2 is 2.25 bits per heavy atom. The molecule has 4 nitrogen and oxygen atoms in total. The summed E-state index contributed by atoms with van der Waals surface area (Å²) in [5, 5.41) is 7.06. The van der Waals surface area contributed by atoms with Crippen LogP contribution in [0.15, 0.2) is 18.2 Å². The summed E-state index contributed by atoms with van der Waals surface area (Å²) in [4.78, 5) is 11.8. The number of rotatable bonds is 4. The number of ether oxygens (including phenoxy) is 1. The Kier molecular flexibility index (Phi) is 7.62. The number of carbonyl (C=O) groups excluding carboxylic acids is 1. The second kappa shape index (κ2) is 8.70. The molecule has 7 heteroatoms. The van der Waals surface area contributed by atoms with Crippen LogP contribution >= 0.6 is 35.6 Å². The minimum atomic E-state index is -0.261. The van der Waals surface area contributed by atoms with Crippen molar-refractivity contribution in [3.05, 3.63) is 33.8 Å². The average Bonchev–Trinajstić information content (AvgIpc) is 2.44. The number of amides is 1. The van der Waals surface area contributed by atoms with Gasteiger partial charge in [-0.05, 0) is 18.1 Å². The molecule has 0 spiro atoms. The smallest absolute Gasteiger partial charge is 0.239 e. The lowest BCUT2D eigenvalue weighted by molar-refractivity contribution is -0.125. The summed E-state index contributed by atoms with van der Waals surface area (Å²) in [6.45, 7) is 2.31. The Morgan fingerprint density at radius 1 is 1.45 bits per heavy atom. The highest BCUT2D eigenvalue weighted by molar-refractivity contribution is 6.42. The summed E-state index contributed by atoms with van der Waals surface area (Å²) in [6.07, 6.45) is 0.651. The molecule has 112 valence electrons. The number of halogens is 3. The molecule has 0 radical (unpaired) electrons. The monoisotopic (exact) mass is 338 g/mol. The lowest BCUT2D eigenvalue weighted by Crippen LogP contribution is -2.51. The third-order valence-electron chi connectivity index (χ3n) is 2.96. The van der Waals surface area contributed by atoms with Crippen molar-refractivity contribution in [1.29, 1.82) is 0 Å². The number of hydrogen-bond acceptors (Lipinski definition) is 3. The van der Waals surface area contributed by atoms with Crippen molar-refractivity contribution in [1.82, 2.24) is 10.6 Å². The minimum absolute atomic E-state index is 0. The molecule has 1 aromatic carbocycles. The van der Waals surface area contributed by atoms with E-state index in [-0.39, 0.29) is 24.4 Å². The summed E-state index contributed by atoms with van der Waals surface area (Å²) >= 11 is 12.0. The molecule has 1 fully saturated rings. The van der Waals surface area contributed by atoms with Crippen LogP contribution in [0.4, 0.5) is 0 Å². The average molecular weight is 340 g/mol. The first-order chi connectivity index (χ1) is 9.18. The lowest BCUT2D eigenvalue weighted by atomic mass is 10.1. The van der Waals surface area contributed by atoms with E-state index in [9.17, 15) is 4.79 Å². The Labute approximate surface area is 134 Å². The summed E-state index contributed by atoms with van der Waals surface area (Å²) in [5.41, 5.74) is 0.933. The van der Waals surface area contributed by atoms with E-state index < -0.39 is 0 Å². The van der Waals surface area contributed by atoms with Crippen molar-refractivity contribution in [2.75, 3.05) is 26.3 Å². The molecular formula is C13H17Cl3N2O2. The molecule has 1 aliphatic heterocycles. The largest absolute Gasteiger partial charge is 0.378 e. The van der Waals surface area contributed by atoms with Gasteiger partial charge in [-0.2, -0.15) is 0 Å². The van der Waals surface area contributed by atoms with Gasteiger partial charge in [0.1, 0.15) is 6.04 Å². The van der Waals surface area contributed by atoms with Crippen LogP contribution in [0, 0.1) is 0 Å². The number of nitrogens with one attached hydrogen (secondary N) is 2. The Hall–Kier alpha value is -0.520. The van der Waals surface area contributed by atoms with Gasteiger partial charge in [0.15, 0.2) is 0 Å². The molecule has 1 amide bonds. The number of morpholine rings is 1. The normalized spacial score (nSPS) is 18.2. The van der Waals surface area contributed by atoms with E-state index in [0.29, 0.717) is 42.8 Å². The quantitative estimate of drug-likeness (QED) is 0.883. The number of carbonyl (C=O) groups is 1. The topological polar surface area (TPSA) is 50.4 Å². The first-order valence-corrected chi connectivity index (χ1v) is 6.96. The second-order valence-corrected chi connectivity index (χ2v) is 5.12. The Morgan fingerprint density at radius 3 is 2.95 bits per heavy atom. The molecule has 0 bridgehead atoms. The van der Waals surface area contributed by atoms with Gasteiger partial charge in [0.25, 0.3) is 0 Å². The molecule has 1 saturated heterocycles. The van der Waals surface area contributed by atoms with Crippen LogP contribution in [-0.4, -0.2) is 38.3 Å². The van der Waals surface area contributed by atoms with Crippen LogP contribution in [-0.2, 0) is 16.0 Å². The first-order valence-electron chi connectivity index (χ1n) is 6.20. The summed E-state index contributed by atoms with van der Waals surface area (Å²) in [7, 11) is 0. The molecule has 1 aliphatic rings. The minimum Gasteiger partial charge on any atom is -0.378 e. The first kappa shape index (κ1) is 17.5. The van der Waals surface area contributed by atoms with Crippen molar-refractivity contribution in [3.8, 4) is 0 Å². The van der Waals surface area contributed by atoms with Gasteiger partial charge in [0.05, 0.1) is 23.3 Å². The van der Waals surface area contributed by atoms with Crippen LogP contribution in [0.5, 0.6) is 0 Å². The standard InChI is InChI=1S/C13H16Cl2N2O2.ClH/c14-10-3-1-2-9(12(10)15)4-5-17-13(18)11-8-19-7-6-16-11;/h1-3,11,16H,4-8H2,(H,17,18);1H. The fraction of sp³-hybridized carbons (Fsp3) is 0.462. The SMILES string of the molecule is Cl.O=C(NCCc1cccc(Cl)c1Cl)C1COCCN1. The number of benzene rings is 1. The fourth-order valence-electron chi connectivity index (χ4n) is 1.92. The van der Waals surface area contributed by atoms with Gasteiger partial charge < -0.3 is 15.4 Å². The lowest BCUT2D eigenvalue weighted by Gasteiger charge is -2.22. The Balaban J connectivity index is 0.00000200. The zero-order valence-electron chi connectivity index (χ0n) is 10.8. The van der Waals surface area contributed by atoms with Gasteiger partial charge in [-0.15, -0.1) is 12.4 Å². The molecule has 1 heterocycles. The van der Waals surface area contributed by atoms with Crippen LogP contribution in [0.25, 0.3) is 0 Å². The van der Waals surface area contributed by atoms with Crippen LogP contribution < -0.4 is 10.6 Å². The van der Waals surface area contributed by atoms with E-state index in [1.54, 1.807) is 6.07 Å². The zero-order valence-corrected chi connectivity index (χ0v) is 13.2. The molecule has 20 heavy (non-hydrogen) atoms. The maximum Gasteiger partial charge on any atom is 0.239 e. The predicted octanol–water partition coefficient (Wildman–Crippen LogP) is 2.06. The van der Waals surface area contributed by atoms with E-state index in [1.807, 2.05) is 12.1 Å². The Bertz CT molecular complexity index is 451. The predicted molar refractivity (Wildman–Crippen MR) is 83.0 cm³/mol. The second-order valence-electron chi connectivity index (χ2n) is 4.34. The molecule has 2 N–H and O–H groups in total. The molecular weight excluding hydrogens is 323 g/mol. The van der Waals surface area contributed by atoms with Crippen molar-refractivity contribution < 1.29 is 9.53 Å². The molecule has 1 unspecified atom stereocenters. The number of hydrogen-bond donors (Lipinski definition) is 2. The molecule has 0 aliphatic carbocycles. The highest BCUT2D eigenvalue weighted by atomic mass is 35.5. The van der Waals surface area contributed by atoms with E-state index in [1.165, 1.54) is 0 Å². The van der Waals surface area contributed by atoms with Gasteiger partial charge >= 0.3 is 0 Å². The molecule has 1 atom stereocenters. The van der Waals surface area contributed by atoms with Gasteiger partial charge in [-0.25, -0.2) is 0 Å². The van der Waals surface area contributed by atoms with Gasteiger partial charge in [-0.1, -0.05) is 35.3 Å².